The molecule has 1 atom stereocenters. The molecule has 1 unspecified atom stereocenters. The first kappa shape index (κ1) is 14.5. The van der Waals surface area contributed by atoms with E-state index in [-0.39, 0.29) is 11.9 Å². The van der Waals surface area contributed by atoms with E-state index in [1.54, 1.807) is 0 Å². The summed E-state index contributed by atoms with van der Waals surface area (Å²) < 4.78 is 0. The molecule has 0 aliphatic heterocycles. The van der Waals surface area contributed by atoms with Gasteiger partial charge in [0.05, 0.1) is 0 Å². The second-order valence-electron chi connectivity index (χ2n) is 5.27. The van der Waals surface area contributed by atoms with Gasteiger partial charge in [-0.1, -0.05) is 13.8 Å². The van der Waals surface area contributed by atoms with E-state index in [1.807, 2.05) is 14.1 Å². The summed E-state index contributed by atoms with van der Waals surface area (Å²) in [6, 6.07) is 1.66. The van der Waals surface area contributed by atoms with Gasteiger partial charge in [0, 0.05) is 18.7 Å². The number of likely N-dealkylation sites (N-methyl/N-ethyl adjacent to an activating group) is 1. The van der Waals surface area contributed by atoms with Crippen LogP contribution in [0.5, 0.6) is 0 Å². The van der Waals surface area contributed by atoms with Crippen molar-refractivity contribution in [2.45, 2.75) is 26.3 Å². The molecule has 4 N–H and O–H groups in total. The number of aromatic nitrogens is 2. The number of carbonyl (C=O) groups is 1. The number of nitrogens with one attached hydrogen (secondary N) is 2. The van der Waals surface area contributed by atoms with Gasteiger partial charge in [0.1, 0.15) is 11.5 Å². The van der Waals surface area contributed by atoms with Gasteiger partial charge in [-0.2, -0.15) is 5.10 Å². The summed E-state index contributed by atoms with van der Waals surface area (Å²) >= 11 is 0. The van der Waals surface area contributed by atoms with Crippen LogP contribution in [0.4, 0.5) is 5.82 Å². The van der Waals surface area contributed by atoms with Crippen molar-refractivity contribution in [3.63, 3.8) is 0 Å². The number of rotatable bonds is 6. The topological polar surface area (TPSA) is 87.0 Å². The predicted molar refractivity (Wildman–Crippen MR) is 72.3 cm³/mol. The van der Waals surface area contributed by atoms with Crippen molar-refractivity contribution in [2.24, 2.45) is 5.92 Å². The number of nitrogens with two attached hydrogens (primary N) is 1. The first-order valence-corrected chi connectivity index (χ1v) is 6.15. The largest absolute Gasteiger partial charge is 0.382 e. The number of nitrogens with zero attached hydrogens (tertiary/aromatic N) is 2. The van der Waals surface area contributed by atoms with E-state index in [2.05, 4.69) is 34.3 Å². The molecule has 1 rings (SSSR count). The molecule has 1 heterocycles. The molecule has 0 saturated carbocycles. The summed E-state index contributed by atoms with van der Waals surface area (Å²) in [4.78, 5) is 14.0. The second-order valence-corrected chi connectivity index (χ2v) is 5.27. The zero-order chi connectivity index (χ0) is 13.7. The fraction of sp³-hybridized carbons (Fsp3) is 0.667. The third kappa shape index (κ3) is 4.75. The number of amides is 1. The Hall–Kier alpha value is -1.56. The maximum atomic E-state index is 12.0. The van der Waals surface area contributed by atoms with E-state index in [1.165, 1.54) is 6.07 Å². The lowest BCUT2D eigenvalue weighted by atomic mass is 10.0. The zero-order valence-electron chi connectivity index (χ0n) is 11.5. The van der Waals surface area contributed by atoms with Crippen LogP contribution in [-0.4, -0.2) is 47.7 Å². The molecule has 0 bridgehead atoms. The van der Waals surface area contributed by atoms with Crippen LogP contribution in [0, 0.1) is 5.92 Å². The van der Waals surface area contributed by atoms with Gasteiger partial charge >= 0.3 is 0 Å². The van der Waals surface area contributed by atoms with Crippen LogP contribution in [0.25, 0.3) is 0 Å². The van der Waals surface area contributed by atoms with Crippen molar-refractivity contribution < 1.29 is 4.79 Å². The third-order valence-corrected chi connectivity index (χ3v) is 2.52. The Morgan fingerprint density at radius 3 is 2.67 bits per heavy atom. The standard InChI is InChI=1S/C12H23N5O/c1-8(2)5-9(7-17(3)4)14-12(18)10-6-11(13)16-15-10/h6,8-9H,5,7H2,1-4H3,(H,14,18)(H3,13,15,16). The Labute approximate surface area is 108 Å². The summed E-state index contributed by atoms with van der Waals surface area (Å²) in [5.74, 6) is 0.696. The molecule has 18 heavy (non-hydrogen) atoms. The highest BCUT2D eigenvalue weighted by molar-refractivity contribution is 5.93. The molecule has 0 aliphatic carbocycles. The van der Waals surface area contributed by atoms with Gasteiger partial charge < -0.3 is 16.0 Å². The Bertz CT molecular complexity index is 376. The number of nitrogen functional groups attached to an aromatic ring is 1. The minimum absolute atomic E-state index is 0.122. The Kier molecular flexibility index (Phi) is 5.15. The van der Waals surface area contributed by atoms with Crippen LogP contribution in [0.3, 0.4) is 0 Å². The Morgan fingerprint density at radius 1 is 1.56 bits per heavy atom. The van der Waals surface area contributed by atoms with Crippen molar-refractivity contribution in [1.29, 1.82) is 0 Å². The molecule has 0 aliphatic rings. The molecule has 0 fully saturated rings. The van der Waals surface area contributed by atoms with E-state index < -0.39 is 0 Å². The fourth-order valence-electron chi connectivity index (χ4n) is 1.91. The smallest absolute Gasteiger partial charge is 0.269 e. The lowest BCUT2D eigenvalue weighted by Gasteiger charge is -2.23. The lowest BCUT2D eigenvalue weighted by molar-refractivity contribution is 0.0919. The van der Waals surface area contributed by atoms with Crippen LogP contribution in [0.2, 0.25) is 0 Å². The molecule has 1 aromatic heterocycles. The third-order valence-electron chi connectivity index (χ3n) is 2.52. The predicted octanol–water partition coefficient (Wildman–Crippen LogP) is 0.698. The number of hydrogen-bond acceptors (Lipinski definition) is 4. The highest BCUT2D eigenvalue weighted by Crippen LogP contribution is 2.07. The van der Waals surface area contributed by atoms with Crippen LogP contribution in [-0.2, 0) is 0 Å². The molecule has 102 valence electrons. The van der Waals surface area contributed by atoms with Crippen molar-refractivity contribution in [1.82, 2.24) is 20.4 Å². The average Bonchev–Trinajstić information content (AvgIpc) is 2.62. The summed E-state index contributed by atoms with van der Waals surface area (Å²) in [6.45, 7) is 5.10. The molecule has 1 amide bonds. The van der Waals surface area contributed by atoms with Gasteiger partial charge in [0.2, 0.25) is 0 Å². The maximum Gasteiger partial charge on any atom is 0.269 e. The van der Waals surface area contributed by atoms with Crippen LogP contribution >= 0.6 is 0 Å². The molecule has 0 aromatic carbocycles. The minimum Gasteiger partial charge on any atom is -0.382 e. The van der Waals surface area contributed by atoms with Gasteiger partial charge in [-0.25, -0.2) is 0 Å². The van der Waals surface area contributed by atoms with Gasteiger partial charge in [-0.05, 0) is 26.4 Å². The highest BCUT2D eigenvalue weighted by Gasteiger charge is 2.17. The monoisotopic (exact) mass is 253 g/mol. The van der Waals surface area contributed by atoms with E-state index in [0.717, 1.165) is 13.0 Å². The summed E-state index contributed by atoms with van der Waals surface area (Å²) in [5.41, 5.74) is 5.88. The average molecular weight is 253 g/mol. The van der Waals surface area contributed by atoms with Gasteiger partial charge in [0.25, 0.3) is 5.91 Å². The van der Waals surface area contributed by atoms with E-state index >= 15 is 0 Å². The molecule has 0 radical (unpaired) electrons. The van der Waals surface area contributed by atoms with Gasteiger partial charge in [-0.3, -0.25) is 9.89 Å². The number of H-pyrrole nitrogens is 1. The molecular weight excluding hydrogens is 230 g/mol. The van der Waals surface area contributed by atoms with E-state index in [0.29, 0.717) is 17.4 Å². The van der Waals surface area contributed by atoms with E-state index in [4.69, 9.17) is 5.73 Å². The molecule has 1 aromatic rings. The maximum absolute atomic E-state index is 12.0. The first-order valence-electron chi connectivity index (χ1n) is 6.15. The molecule has 6 heteroatoms. The fourth-order valence-corrected chi connectivity index (χ4v) is 1.91. The first-order chi connectivity index (χ1) is 8.38. The number of anilines is 1. The van der Waals surface area contributed by atoms with Crippen LogP contribution < -0.4 is 11.1 Å². The van der Waals surface area contributed by atoms with Crippen LogP contribution in [0.15, 0.2) is 6.07 Å². The quantitative estimate of drug-likeness (QED) is 0.696. The molecular formula is C12H23N5O. The number of carbonyl (C=O) groups excluding carboxylic acids is 1. The highest BCUT2D eigenvalue weighted by atomic mass is 16.2. The van der Waals surface area contributed by atoms with Crippen molar-refractivity contribution in [3.05, 3.63) is 11.8 Å². The minimum atomic E-state index is -0.160. The lowest BCUT2D eigenvalue weighted by Crippen LogP contribution is -2.42. The van der Waals surface area contributed by atoms with Crippen LogP contribution in [0.1, 0.15) is 30.8 Å². The normalized spacial score (nSPS) is 13.0. The van der Waals surface area contributed by atoms with Crippen molar-refractivity contribution in [2.75, 3.05) is 26.4 Å². The Morgan fingerprint density at radius 2 is 2.22 bits per heavy atom. The Balaban J connectivity index is 2.61. The number of aromatic amines is 1. The van der Waals surface area contributed by atoms with Crippen molar-refractivity contribution in [3.8, 4) is 0 Å². The summed E-state index contributed by atoms with van der Waals surface area (Å²) in [5, 5.41) is 9.37. The molecule has 0 spiro atoms. The summed E-state index contributed by atoms with van der Waals surface area (Å²) in [7, 11) is 3.99. The van der Waals surface area contributed by atoms with E-state index in [9.17, 15) is 4.79 Å². The van der Waals surface area contributed by atoms with Gasteiger partial charge in [-0.15, -0.1) is 0 Å². The molecule has 6 nitrogen and oxygen atoms in total. The molecule has 0 saturated heterocycles. The SMILES string of the molecule is CC(C)CC(CN(C)C)NC(=O)c1cc(N)n[nH]1. The van der Waals surface area contributed by atoms with Crippen molar-refractivity contribution >= 4 is 11.7 Å². The zero-order valence-corrected chi connectivity index (χ0v) is 11.5. The second kappa shape index (κ2) is 6.39. The number of hydrogen-bond donors (Lipinski definition) is 3. The summed E-state index contributed by atoms with van der Waals surface area (Å²) in [6.07, 6.45) is 0.938. The van der Waals surface area contributed by atoms with Gasteiger partial charge in [0.15, 0.2) is 0 Å².